The van der Waals surface area contributed by atoms with Crippen molar-refractivity contribution in [2.24, 2.45) is 0 Å². The molecule has 0 aliphatic heterocycles. The van der Waals surface area contributed by atoms with Crippen LogP contribution in [-0.2, 0) is 6.42 Å². The Hall–Kier alpha value is -1.33. The molecule has 1 unspecified atom stereocenters. The van der Waals surface area contributed by atoms with E-state index in [0.717, 1.165) is 5.69 Å². The third kappa shape index (κ3) is 2.12. The van der Waals surface area contributed by atoms with Crippen molar-refractivity contribution in [1.29, 1.82) is 0 Å². The summed E-state index contributed by atoms with van der Waals surface area (Å²) in [6.07, 6.45) is 1.58. The van der Waals surface area contributed by atoms with E-state index in [1.807, 2.05) is 18.2 Å². The topological polar surface area (TPSA) is 58.9 Å². The van der Waals surface area contributed by atoms with E-state index in [4.69, 9.17) is 0 Å². The van der Waals surface area contributed by atoms with Gasteiger partial charge in [0.25, 0.3) is 0 Å². The molecule has 0 fully saturated rings. The van der Waals surface area contributed by atoms with Crippen molar-refractivity contribution in [1.82, 2.24) is 14.6 Å². The minimum atomic E-state index is -0.608. The molecule has 2 aromatic heterocycles. The number of hydrogen-bond acceptors (Lipinski definition) is 5. The number of rotatable bonds is 3. The molecule has 1 N–H and O–H groups in total. The largest absolute Gasteiger partial charge is 0.386 e. The molecule has 2 aromatic rings. The number of aromatic nitrogens is 3. The van der Waals surface area contributed by atoms with Gasteiger partial charge in [-0.3, -0.25) is 4.98 Å². The predicted octanol–water partition coefficient (Wildman–Crippen LogP) is 1.21. The van der Waals surface area contributed by atoms with E-state index in [0.29, 0.717) is 12.1 Å². The normalized spacial score (nSPS) is 12.6. The highest BCUT2D eigenvalue weighted by atomic mass is 32.1. The van der Waals surface area contributed by atoms with Gasteiger partial charge in [-0.2, -0.15) is 0 Å². The average molecular weight is 207 g/mol. The van der Waals surface area contributed by atoms with Crippen LogP contribution in [0.3, 0.4) is 0 Å². The molecule has 0 amide bonds. The maximum atomic E-state index is 9.73. The zero-order valence-corrected chi connectivity index (χ0v) is 8.18. The molecule has 14 heavy (non-hydrogen) atoms. The van der Waals surface area contributed by atoms with Crippen LogP contribution in [0.5, 0.6) is 0 Å². The van der Waals surface area contributed by atoms with E-state index in [2.05, 4.69) is 14.6 Å². The molecule has 0 saturated heterocycles. The second kappa shape index (κ2) is 4.26. The SMILES string of the molecule is OC(Cc1ccccn1)c1csnn1. The smallest absolute Gasteiger partial charge is 0.104 e. The zero-order valence-electron chi connectivity index (χ0n) is 7.37. The molecule has 0 spiro atoms. The van der Waals surface area contributed by atoms with Crippen molar-refractivity contribution in [3.8, 4) is 0 Å². The minimum Gasteiger partial charge on any atom is -0.386 e. The first kappa shape index (κ1) is 9.23. The first-order chi connectivity index (χ1) is 6.86. The second-order valence-corrected chi connectivity index (χ2v) is 3.48. The maximum absolute atomic E-state index is 9.73. The molecule has 2 heterocycles. The van der Waals surface area contributed by atoms with Crippen LogP contribution in [-0.4, -0.2) is 19.7 Å². The summed E-state index contributed by atoms with van der Waals surface area (Å²) in [5.74, 6) is 0. The number of pyridine rings is 1. The standard InChI is InChI=1S/C9H9N3OS/c13-9(8-6-14-12-11-8)5-7-3-1-2-4-10-7/h1-4,6,9,13H,5H2. The Bertz CT molecular complexity index is 376. The first-order valence-electron chi connectivity index (χ1n) is 4.21. The van der Waals surface area contributed by atoms with E-state index in [-0.39, 0.29) is 0 Å². The van der Waals surface area contributed by atoms with Crippen LogP contribution in [0.1, 0.15) is 17.5 Å². The van der Waals surface area contributed by atoms with Crippen LogP contribution < -0.4 is 0 Å². The van der Waals surface area contributed by atoms with Crippen LogP contribution in [0.25, 0.3) is 0 Å². The van der Waals surface area contributed by atoms with Gasteiger partial charge in [-0.25, -0.2) is 0 Å². The minimum absolute atomic E-state index is 0.478. The summed E-state index contributed by atoms with van der Waals surface area (Å²) >= 11 is 1.24. The van der Waals surface area contributed by atoms with Crippen molar-refractivity contribution < 1.29 is 5.11 Å². The Labute approximate surface area is 85.4 Å². The fourth-order valence-electron chi connectivity index (χ4n) is 1.14. The first-order valence-corrected chi connectivity index (χ1v) is 5.05. The van der Waals surface area contributed by atoms with E-state index in [1.165, 1.54) is 11.5 Å². The molecular weight excluding hydrogens is 198 g/mol. The molecule has 2 rings (SSSR count). The van der Waals surface area contributed by atoms with Gasteiger partial charge in [-0.15, -0.1) is 5.10 Å². The monoisotopic (exact) mass is 207 g/mol. The molecular formula is C9H9N3OS. The lowest BCUT2D eigenvalue weighted by molar-refractivity contribution is 0.172. The molecule has 4 nitrogen and oxygen atoms in total. The number of nitrogens with zero attached hydrogens (tertiary/aromatic N) is 3. The summed E-state index contributed by atoms with van der Waals surface area (Å²) in [4.78, 5) is 4.12. The molecule has 0 saturated carbocycles. The van der Waals surface area contributed by atoms with Gasteiger partial charge >= 0.3 is 0 Å². The van der Waals surface area contributed by atoms with Crippen molar-refractivity contribution in [2.75, 3.05) is 0 Å². The quantitative estimate of drug-likeness (QED) is 0.821. The third-order valence-electron chi connectivity index (χ3n) is 1.85. The lowest BCUT2D eigenvalue weighted by Gasteiger charge is -2.05. The van der Waals surface area contributed by atoms with E-state index >= 15 is 0 Å². The average Bonchev–Trinajstić information content (AvgIpc) is 2.72. The molecule has 0 aliphatic rings. The Morgan fingerprint density at radius 1 is 1.43 bits per heavy atom. The highest BCUT2D eigenvalue weighted by Gasteiger charge is 2.11. The van der Waals surface area contributed by atoms with Gasteiger partial charge in [0.05, 0.1) is 0 Å². The number of aliphatic hydroxyl groups is 1. The van der Waals surface area contributed by atoms with E-state index < -0.39 is 6.10 Å². The highest BCUT2D eigenvalue weighted by Crippen LogP contribution is 2.15. The Morgan fingerprint density at radius 2 is 2.36 bits per heavy atom. The molecule has 0 aromatic carbocycles. The van der Waals surface area contributed by atoms with Crippen molar-refractivity contribution >= 4 is 11.5 Å². The fourth-order valence-corrected chi connectivity index (χ4v) is 1.64. The van der Waals surface area contributed by atoms with Crippen LogP contribution in [0.2, 0.25) is 0 Å². The Kier molecular flexibility index (Phi) is 2.81. The Morgan fingerprint density at radius 3 is 3.00 bits per heavy atom. The van der Waals surface area contributed by atoms with Crippen molar-refractivity contribution in [3.63, 3.8) is 0 Å². The molecule has 1 atom stereocenters. The van der Waals surface area contributed by atoms with E-state index in [9.17, 15) is 5.11 Å². The molecule has 0 bridgehead atoms. The molecule has 0 radical (unpaired) electrons. The predicted molar refractivity (Wildman–Crippen MR) is 52.8 cm³/mol. The van der Waals surface area contributed by atoms with Crippen LogP contribution in [0.4, 0.5) is 0 Å². The lowest BCUT2D eigenvalue weighted by atomic mass is 10.1. The summed E-state index contributed by atoms with van der Waals surface area (Å²) < 4.78 is 3.70. The van der Waals surface area contributed by atoms with Crippen LogP contribution >= 0.6 is 11.5 Å². The summed E-state index contributed by atoms with van der Waals surface area (Å²) in [7, 11) is 0. The summed E-state index contributed by atoms with van der Waals surface area (Å²) in [6, 6.07) is 5.62. The van der Waals surface area contributed by atoms with Gasteiger partial charge in [-0.1, -0.05) is 10.6 Å². The van der Waals surface area contributed by atoms with Crippen molar-refractivity contribution in [3.05, 3.63) is 41.2 Å². The van der Waals surface area contributed by atoms with Crippen LogP contribution in [0.15, 0.2) is 29.8 Å². The lowest BCUT2D eigenvalue weighted by Crippen LogP contribution is -2.03. The van der Waals surface area contributed by atoms with Gasteiger partial charge in [0.1, 0.15) is 11.8 Å². The summed E-state index contributed by atoms with van der Waals surface area (Å²) in [6.45, 7) is 0. The summed E-state index contributed by atoms with van der Waals surface area (Å²) in [5.41, 5.74) is 1.47. The van der Waals surface area contributed by atoms with Gasteiger partial charge in [-0.05, 0) is 23.7 Å². The molecule has 0 aliphatic carbocycles. The second-order valence-electron chi connectivity index (χ2n) is 2.87. The highest BCUT2D eigenvalue weighted by molar-refractivity contribution is 7.03. The summed E-state index contributed by atoms with van der Waals surface area (Å²) in [5, 5.41) is 15.3. The molecule has 5 heteroatoms. The van der Waals surface area contributed by atoms with Crippen molar-refractivity contribution in [2.45, 2.75) is 12.5 Å². The van der Waals surface area contributed by atoms with E-state index in [1.54, 1.807) is 11.6 Å². The maximum Gasteiger partial charge on any atom is 0.104 e. The number of hydrogen-bond donors (Lipinski definition) is 1. The zero-order chi connectivity index (χ0) is 9.80. The van der Waals surface area contributed by atoms with Gasteiger partial charge in [0.2, 0.25) is 0 Å². The van der Waals surface area contributed by atoms with Gasteiger partial charge in [0.15, 0.2) is 0 Å². The fraction of sp³-hybridized carbons (Fsp3) is 0.222. The Balaban J connectivity index is 2.06. The molecule has 72 valence electrons. The van der Waals surface area contributed by atoms with Gasteiger partial charge < -0.3 is 5.11 Å². The van der Waals surface area contributed by atoms with Crippen LogP contribution in [0, 0.1) is 0 Å². The number of aliphatic hydroxyl groups excluding tert-OH is 1. The third-order valence-corrected chi connectivity index (χ3v) is 2.37. The van der Waals surface area contributed by atoms with Gasteiger partial charge in [0, 0.05) is 23.7 Å².